The third kappa shape index (κ3) is 4.11. The minimum absolute atomic E-state index is 0.134. The number of carbonyl (C=O) groups excluding carboxylic acids is 2. The molecule has 3 N–H and O–H groups in total. The summed E-state index contributed by atoms with van der Waals surface area (Å²) in [5, 5.41) is 13.1. The Hall–Kier alpha value is -3.42. The van der Waals surface area contributed by atoms with E-state index in [2.05, 4.69) is 16.2 Å². The van der Waals surface area contributed by atoms with Crippen molar-refractivity contribution in [3.63, 3.8) is 0 Å². The maximum Gasteiger partial charge on any atom is 0.337 e. The number of nitrogens with zero attached hydrogens (tertiary/aromatic N) is 1. The SMILES string of the molecule is O=C(NNC(=O)[C@H]1C[C@H]1c1ccccc1)Nc1cccc([N+](=O)[O-])c1. The fourth-order valence-corrected chi connectivity index (χ4v) is 2.62. The van der Waals surface area contributed by atoms with Gasteiger partial charge in [0.15, 0.2) is 0 Å². The molecule has 1 aliphatic rings. The summed E-state index contributed by atoms with van der Waals surface area (Å²) >= 11 is 0. The number of amides is 3. The van der Waals surface area contributed by atoms with Gasteiger partial charge in [-0.3, -0.25) is 20.3 Å². The Bertz CT molecular complexity index is 809. The third-order valence-corrected chi connectivity index (χ3v) is 3.97. The smallest absolute Gasteiger partial charge is 0.306 e. The largest absolute Gasteiger partial charge is 0.337 e. The normalized spacial score (nSPS) is 18.1. The summed E-state index contributed by atoms with van der Waals surface area (Å²) in [4.78, 5) is 34.0. The Morgan fingerprint density at radius 1 is 1.04 bits per heavy atom. The van der Waals surface area contributed by atoms with Gasteiger partial charge in [-0.25, -0.2) is 10.2 Å². The van der Waals surface area contributed by atoms with Gasteiger partial charge in [-0.1, -0.05) is 36.4 Å². The van der Waals surface area contributed by atoms with Crippen molar-refractivity contribution in [2.75, 3.05) is 5.32 Å². The summed E-state index contributed by atoms with van der Waals surface area (Å²) < 4.78 is 0. The fourth-order valence-electron chi connectivity index (χ4n) is 2.62. The molecule has 0 unspecified atom stereocenters. The van der Waals surface area contributed by atoms with E-state index in [9.17, 15) is 19.7 Å². The Morgan fingerprint density at radius 2 is 1.80 bits per heavy atom. The van der Waals surface area contributed by atoms with Crippen molar-refractivity contribution < 1.29 is 14.5 Å². The number of rotatable bonds is 4. The zero-order valence-corrected chi connectivity index (χ0v) is 13.1. The molecule has 1 saturated carbocycles. The van der Waals surface area contributed by atoms with Crippen LogP contribution in [0.15, 0.2) is 54.6 Å². The van der Waals surface area contributed by atoms with E-state index in [1.807, 2.05) is 30.3 Å². The monoisotopic (exact) mass is 340 g/mol. The lowest BCUT2D eigenvalue weighted by atomic mass is 10.1. The van der Waals surface area contributed by atoms with Crippen molar-refractivity contribution in [1.82, 2.24) is 10.9 Å². The first-order valence-electron chi connectivity index (χ1n) is 7.71. The van der Waals surface area contributed by atoms with E-state index >= 15 is 0 Å². The average Bonchev–Trinajstić information content (AvgIpc) is 3.41. The molecule has 25 heavy (non-hydrogen) atoms. The summed E-state index contributed by atoms with van der Waals surface area (Å²) in [5.74, 6) is -0.258. The van der Waals surface area contributed by atoms with Crippen LogP contribution in [0.5, 0.6) is 0 Å². The maximum absolute atomic E-state index is 12.0. The second kappa shape index (κ2) is 7.00. The maximum atomic E-state index is 12.0. The molecule has 2 aromatic rings. The molecule has 0 bridgehead atoms. The zero-order valence-electron chi connectivity index (χ0n) is 13.1. The van der Waals surface area contributed by atoms with Crippen LogP contribution in [0.25, 0.3) is 0 Å². The molecule has 0 radical (unpaired) electrons. The van der Waals surface area contributed by atoms with Gasteiger partial charge in [0.1, 0.15) is 0 Å². The van der Waals surface area contributed by atoms with E-state index in [1.165, 1.54) is 24.3 Å². The molecule has 0 spiro atoms. The molecular formula is C17H16N4O4. The van der Waals surface area contributed by atoms with Crippen molar-refractivity contribution in [1.29, 1.82) is 0 Å². The second-order valence-corrected chi connectivity index (χ2v) is 5.74. The summed E-state index contributed by atoms with van der Waals surface area (Å²) in [6, 6.07) is 14.6. The van der Waals surface area contributed by atoms with Gasteiger partial charge in [0.2, 0.25) is 5.91 Å². The number of hydrogen-bond donors (Lipinski definition) is 3. The first kappa shape index (κ1) is 16.4. The van der Waals surface area contributed by atoms with Crippen LogP contribution in [0.4, 0.5) is 16.2 Å². The molecule has 8 nitrogen and oxygen atoms in total. The molecule has 8 heteroatoms. The summed E-state index contributed by atoms with van der Waals surface area (Å²) in [5.41, 5.74) is 5.85. The van der Waals surface area contributed by atoms with Gasteiger partial charge in [-0.05, 0) is 24.0 Å². The van der Waals surface area contributed by atoms with Crippen LogP contribution < -0.4 is 16.2 Å². The van der Waals surface area contributed by atoms with Crippen LogP contribution in [0.3, 0.4) is 0 Å². The molecule has 128 valence electrons. The van der Waals surface area contributed by atoms with Crippen LogP contribution in [0, 0.1) is 16.0 Å². The number of hydrogen-bond acceptors (Lipinski definition) is 4. The molecule has 3 amide bonds. The molecule has 0 aliphatic heterocycles. The van der Waals surface area contributed by atoms with Crippen molar-refractivity contribution in [2.45, 2.75) is 12.3 Å². The molecule has 1 fully saturated rings. The number of non-ortho nitro benzene ring substituents is 1. The number of anilines is 1. The fraction of sp³-hybridized carbons (Fsp3) is 0.176. The highest BCUT2D eigenvalue weighted by Crippen LogP contribution is 2.47. The van der Waals surface area contributed by atoms with Gasteiger partial charge >= 0.3 is 6.03 Å². The zero-order chi connectivity index (χ0) is 17.8. The topological polar surface area (TPSA) is 113 Å². The first-order valence-corrected chi connectivity index (χ1v) is 7.71. The number of nitro groups is 1. The number of hydrazine groups is 1. The van der Waals surface area contributed by atoms with Gasteiger partial charge < -0.3 is 5.32 Å². The molecule has 0 aromatic heterocycles. The van der Waals surface area contributed by atoms with Crippen LogP contribution in [-0.4, -0.2) is 16.9 Å². The molecule has 2 aromatic carbocycles. The molecule has 0 saturated heterocycles. The number of nitrogens with one attached hydrogen (secondary N) is 3. The van der Waals surface area contributed by atoms with E-state index in [4.69, 9.17) is 0 Å². The second-order valence-electron chi connectivity index (χ2n) is 5.74. The van der Waals surface area contributed by atoms with E-state index in [0.29, 0.717) is 0 Å². The predicted molar refractivity (Wildman–Crippen MR) is 90.7 cm³/mol. The Labute approximate surface area is 143 Å². The minimum atomic E-state index is -0.675. The van der Waals surface area contributed by atoms with Crippen molar-refractivity contribution in [3.8, 4) is 0 Å². The van der Waals surface area contributed by atoms with Crippen molar-refractivity contribution >= 4 is 23.3 Å². The predicted octanol–water partition coefficient (Wildman–Crippen LogP) is 2.55. The highest BCUT2D eigenvalue weighted by Gasteiger charge is 2.43. The molecular weight excluding hydrogens is 324 g/mol. The van der Waals surface area contributed by atoms with Crippen molar-refractivity contribution in [3.05, 3.63) is 70.3 Å². The summed E-state index contributed by atoms with van der Waals surface area (Å²) in [7, 11) is 0. The molecule has 1 aliphatic carbocycles. The van der Waals surface area contributed by atoms with Crippen LogP contribution in [0.1, 0.15) is 17.9 Å². The van der Waals surface area contributed by atoms with E-state index in [1.54, 1.807) is 0 Å². The number of urea groups is 1. The van der Waals surface area contributed by atoms with Crippen LogP contribution >= 0.6 is 0 Å². The quantitative estimate of drug-likeness (QED) is 0.586. The van der Waals surface area contributed by atoms with E-state index < -0.39 is 11.0 Å². The Morgan fingerprint density at radius 3 is 2.52 bits per heavy atom. The number of benzene rings is 2. The summed E-state index contributed by atoms with van der Waals surface area (Å²) in [6.45, 7) is 0. The minimum Gasteiger partial charge on any atom is -0.306 e. The molecule has 3 rings (SSSR count). The lowest BCUT2D eigenvalue weighted by Gasteiger charge is -2.09. The Kier molecular flexibility index (Phi) is 4.60. The Balaban J connectivity index is 1.47. The standard InChI is InChI=1S/C17H16N4O4/c22-16(15-10-14(15)11-5-2-1-3-6-11)19-20-17(23)18-12-7-4-8-13(9-12)21(24)25/h1-9,14-15H,10H2,(H,19,22)(H2,18,20,23)/t14-,15-/m0/s1. The van der Waals surface area contributed by atoms with Gasteiger partial charge in [0.05, 0.1) is 4.92 Å². The highest BCUT2D eigenvalue weighted by molar-refractivity contribution is 5.92. The number of carbonyl (C=O) groups is 2. The van der Waals surface area contributed by atoms with Crippen LogP contribution in [-0.2, 0) is 4.79 Å². The van der Waals surface area contributed by atoms with E-state index in [0.717, 1.165) is 12.0 Å². The van der Waals surface area contributed by atoms with Gasteiger partial charge in [-0.15, -0.1) is 0 Å². The van der Waals surface area contributed by atoms with Crippen molar-refractivity contribution in [2.24, 2.45) is 5.92 Å². The van der Waals surface area contributed by atoms with Gasteiger partial charge in [0, 0.05) is 23.7 Å². The first-order chi connectivity index (χ1) is 12.0. The average molecular weight is 340 g/mol. The third-order valence-electron chi connectivity index (χ3n) is 3.97. The lowest BCUT2D eigenvalue weighted by molar-refractivity contribution is -0.384. The van der Waals surface area contributed by atoms with Gasteiger partial charge in [0.25, 0.3) is 5.69 Å². The number of nitro benzene ring substituents is 1. The van der Waals surface area contributed by atoms with Gasteiger partial charge in [-0.2, -0.15) is 0 Å². The molecule has 0 heterocycles. The van der Waals surface area contributed by atoms with E-state index in [-0.39, 0.29) is 29.1 Å². The highest BCUT2D eigenvalue weighted by atomic mass is 16.6. The molecule has 2 atom stereocenters. The lowest BCUT2D eigenvalue weighted by Crippen LogP contribution is -2.44. The summed E-state index contributed by atoms with van der Waals surface area (Å²) in [6.07, 6.45) is 0.740. The van der Waals surface area contributed by atoms with Crippen LogP contribution in [0.2, 0.25) is 0 Å².